The molecule has 0 saturated carbocycles. The monoisotopic (exact) mass is 364 g/mol. The molecule has 2 saturated heterocycles. The SMILES string of the molecule is COCCCN1CC2(CCCN(Cc3cc(=O)[nH]c(=O)[nH]3)C2)CCC1=O. The van der Waals surface area contributed by atoms with Crippen LogP contribution < -0.4 is 11.2 Å². The predicted molar refractivity (Wildman–Crippen MR) is 96.9 cm³/mol. The molecule has 1 spiro atoms. The summed E-state index contributed by atoms with van der Waals surface area (Å²) in [5, 5.41) is 0. The molecule has 26 heavy (non-hydrogen) atoms. The van der Waals surface area contributed by atoms with Crippen molar-refractivity contribution in [1.29, 1.82) is 0 Å². The molecule has 0 aliphatic carbocycles. The summed E-state index contributed by atoms with van der Waals surface area (Å²) in [5.74, 6) is 0.239. The van der Waals surface area contributed by atoms with Crippen LogP contribution in [-0.2, 0) is 16.1 Å². The molecule has 1 unspecified atom stereocenters. The lowest BCUT2D eigenvalue weighted by atomic mass is 9.73. The maximum absolute atomic E-state index is 12.3. The standard InChI is InChI=1S/C18H28N4O4/c1-26-9-3-8-22-13-18(6-4-16(22)24)5-2-7-21(12-18)11-14-10-15(23)20-17(25)19-14/h10H,2-9,11-13H2,1H3,(H2,19,20,23,25). The highest BCUT2D eigenvalue weighted by molar-refractivity contribution is 5.77. The molecule has 2 N–H and O–H groups in total. The smallest absolute Gasteiger partial charge is 0.325 e. The highest BCUT2D eigenvalue weighted by Gasteiger charge is 2.41. The first-order chi connectivity index (χ1) is 12.5. The largest absolute Gasteiger partial charge is 0.385 e. The van der Waals surface area contributed by atoms with E-state index in [1.807, 2.05) is 4.90 Å². The number of rotatable bonds is 6. The maximum Gasteiger partial charge on any atom is 0.325 e. The van der Waals surface area contributed by atoms with Crippen molar-refractivity contribution in [1.82, 2.24) is 19.8 Å². The van der Waals surface area contributed by atoms with Gasteiger partial charge in [-0.3, -0.25) is 19.5 Å². The molecule has 0 aromatic carbocycles. The van der Waals surface area contributed by atoms with Crippen molar-refractivity contribution >= 4 is 5.91 Å². The highest BCUT2D eigenvalue weighted by atomic mass is 16.5. The van der Waals surface area contributed by atoms with Crippen molar-refractivity contribution in [2.45, 2.75) is 38.6 Å². The summed E-state index contributed by atoms with van der Waals surface area (Å²) in [7, 11) is 1.68. The van der Waals surface area contributed by atoms with Crippen LogP contribution in [-0.4, -0.2) is 65.6 Å². The van der Waals surface area contributed by atoms with E-state index in [4.69, 9.17) is 4.74 Å². The van der Waals surface area contributed by atoms with E-state index in [0.717, 1.165) is 51.9 Å². The quantitative estimate of drug-likeness (QED) is 0.708. The van der Waals surface area contributed by atoms with E-state index in [9.17, 15) is 14.4 Å². The zero-order valence-electron chi connectivity index (χ0n) is 15.4. The number of nitrogens with one attached hydrogen (secondary N) is 2. The van der Waals surface area contributed by atoms with Crippen LogP contribution in [0.3, 0.4) is 0 Å². The fourth-order valence-electron chi connectivity index (χ4n) is 4.33. The zero-order valence-corrected chi connectivity index (χ0v) is 15.4. The van der Waals surface area contributed by atoms with Crippen LogP contribution in [0.5, 0.6) is 0 Å². The Morgan fingerprint density at radius 1 is 1.19 bits per heavy atom. The molecule has 2 aliphatic heterocycles. The van der Waals surface area contributed by atoms with E-state index in [0.29, 0.717) is 25.3 Å². The van der Waals surface area contributed by atoms with Crippen LogP contribution in [0, 0.1) is 5.41 Å². The number of aromatic nitrogens is 2. The minimum absolute atomic E-state index is 0.112. The molecule has 1 atom stereocenters. The van der Waals surface area contributed by atoms with E-state index in [1.165, 1.54) is 6.07 Å². The van der Waals surface area contributed by atoms with Gasteiger partial charge in [-0.1, -0.05) is 0 Å². The van der Waals surface area contributed by atoms with Crippen LogP contribution in [0.15, 0.2) is 15.7 Å². The molecule has 2 aliphatic rings. The third-order valence-corrected chi connectivity index (χ3v) is 5.48. The molecule has 0 bridgehead atoms. The molecule has 1 aromatic heterocycles. The Kier molecular flexibility index (Phi) is 5.93. The number of methoxy groups -OCH3 is 1. The number of carbonyl (C=O) groups is 1. The molecule has 2 fully saturated rings. The summed E-state index contributed by atoms with van der Waals surface area (Å²) in [5.41, 5.74) is -0.0877. The molecular formula is C18H28N4O4. The average Bonchev–Trinajstić information content (AvgIpc) is 2.58. The van der Waals surface area contributed by atoms with Gasteiger partial charge in [0.05, 0.1) is 0 Å². The fraction of sp³-hybridized carbons (Fsp3) is 0.722. The van der Waals surface area contributed by atoms with Crippen LogP contribution in [0.25, 0.3) is 0 Å². The molecule has 0 radical (unpaired) electrons. The van der Waals surface area contributed by atoms with Crippen molar-refractivity contribution < 1.29 is 9.53 Å². The van der Waals surface area contributed by atoms with Crippen LogP contribution in [0.2, 0.25) is 0 Å². The Morgan fingerprint density at radius 2 is 2.04 bits per heavy atom. The Balaban J connectivity index is 1.65. The molecule has 1 aromatic rings. The molecular weight excluding hydrogens is 336 g/mol. The summed E-state index contributed by atoms with van der Waals surface area (Å²) < 4.78 is 5.10. The Bertz CT molecular complexity index is 715. The molecule has 3 heterocycles. The van der Waals surface area contributed by atoms with Crippen molar-refractivity contribution in [3.63, 3.8) is 0 Å². The van der Waals surface area contributed by atoms with E-state index in [2.05, 4.69) is 14.9 Å². The second kappa shape index (κ2) is 8.18. The van der Waals surface area contributed by atoms with Crippen molar-refractivity contribution in [3.8, 4) is 0 Å². The number of amides is 1. The topological polar surface area (TPSA) is 98.5 Å². The van der Waals surface area contributed by atoms with E-state index in [-0.39, 0.29) is 16.9 Å². The predicted octanol–water partition coefficient (Wildman–Crippen LogP) is 0.304. The number of ether oxygens (including phenoxy) is 1. The van der Waals surface area contributed by atoms with Gasteiger partial charge < -0.3 is 14.6 Å². The fourth-order valence-corrected chi connectivity index (χ4v) is 4.33. The van der Waals surface area contributed by atoms with Gasteiger partial charge in [0, 0.05) is 63.5 Å². The summed E-state index contributed by atoms with van der Waals surface area (Å²) in [6.07, 6.45) is 4.55. The van der Waals surface area contributed by atoms with Crippen molar-refractivity contribution in [3.05, 3.63) is 32.6 Å². The third-order valence-electron chi connectivity index (χ3n) is 5.48. The van der Waals surface area contributed by atoms with Gasteiger partial charge in [0.1, 0.15) is 0 Å². The van der Waals surface area contributed by atoms with Gasteiger partial charge in [-0.05, 0) is 32.2 Å². The van der Waals surface area contributed by atoms with Gasteiger partial charge in [-0.2, -0.15) is 0 Å². The summed E-state index contributed by atoms with van der Waals surface area (Å²) in [6.45, 7) is 4.58. The summed E-state index contributed by atoms with van der Waals surface area (Å²) in [4.78, 5) is 44.4. The molecule has 8 nitrogen and oxygen atoms in total. The van der Waals surface area contributed by atoms with Gasteiger partial charge in [-0.25, -0.2) is 4.79 Å². The zero-order chi connectivity index (χ0) is 18.6. The van der Waals surface area contributed by atoms with Gasteiger partial charge in [0.25, 0.3) is 5.56 Å². The lowest BCUT2D eigenvalue weighted by Gasteiger charge is -2.48. The highest BCUT2D eigenvalue weighted by Crippen LogP contribution is 2.39. The van der Waals surface area contributed by atoms with Crippen LogP contribution in [0.1, 0.15) is 37.8 Å². The molecule has 3 rings (SSSR count). The van der Waals surface area contributed by atoms with Crippen molar-refractivity contribution in [2.24, 2.45) is 5.41 Å². The number of carbonyl (C=O) groups excluding carboxylic acids is 1. The number of likely N-dealkylation sites (tertiary alicyclic amines) is 2. The molecule has 1 amide bonds. The maximum atomic E-state index is 12.3. The second-order valence-corrected chi connectivity index (χ2v) is 7.59. The normalized spacial score (nSPS) is 24.3. The molecule has 8 heteroatoms. The van der Waals surface area contributed by atoms with Crippen LogP contribution >= 0.6 is 0 Å². The Hall–Kier alpha value is -1.93. The summed E-state index contributed by atoms with van der Waals surface area (Å²) >= 11 is 0. The Morgan fingerprint density at radius 3 is 2.81 bits per heavy atom. The Labute approximate surface area is 152 Å². The number of H-pyrrole nitrogens is 2. The summed E-state index contributed by atoms with van der Waals surface area (Å²) in [6, 6.07) is 1.45. The second-order valence-electron chi connectivity index (χ2n) is 7.59. The minimum atomic E-state index is -0.466. The lowest BCUT2D eigenvalue weighted by Crippen LogP contribution is -2.54. The van der Waals surface area contributed by atoms with E-state index in [1.54, 1.807) is 7.11 Å². The lowest BCUT2D eigenvalue weighted by molar-refractivity contribution is -0.139. The number of nitrogens with zero attached hydrogens (tertiary/aromatic N) is 2. The van der Waals surface area contributed by atoms with E-state index < -0.39 is 5.69 Å². The van der Waals surface area contributed by atoms with Crippen LogP contribution in [0.4, 0.5) is 0 Å². The first-order valence-electron chi connectivity index (χ1n) is 9.31. The molecule has 144 valence electrons. The number of aromatic amines is 2. The van der Waals surface area contributed by atoms with Gasteiger partial charge in [-0.15, -0.1) is 0 Å². The first-order valence-corrected chi connectivity index (χ1v) is 9.31. The average molecular weight is 364 g/mol. The van der Waals surface area contributed by atoms with Gasteiger partial charge in [0.2, 0.25) is 5.91 Å². The van der Waals surface area contributed by atoms with Gasteiger partial charge in [0.15, 0.2) is 0 Å². The minimum Gasteiger partial charge on any atom is -0.385 e. The number of hydrogen-bond donors (Lipinski definition) is 2. The number of hydrogen-bond acceptors (Lipinski definition) is 5. The number of piperidine rings is 2. The van der Waals surface area contributed by atoms with Crippen molar-refractivity contribution in [2.75, 3.05) is 39.9 Å². The van der Waals surface area contributed by atoms with E-state index >= 15 is 0 Å². The van der Waals surface area contributed by atoms with Gasteiger partial charge >= 0.3 is 5.69 Å². The first kappa shape index (κ1) is 18.8. The third kappa shape index (κ3) is 4.62.